The lowest BCUT2D eigenvalue weighted by atomic mass is 10.1. The van der Waals surface area contributed by atoms with Crippen molar-refractivity contribution in [1.29, 1.82) is 0 Å². The molecule has 0 saturated carbocycles. The summed E-state index contributed by atoms with van der Waals surface area (Å²) in [6, 6.07) is 0. The summed E-state index contributed by atoms with van der Waals surface area (Å²) in [4.78, 5) is 10.1. The summed E-state index contributed by atoms with van der Waals surface area (Å²) in [7, 11) is 0. The van der Waals surface area contributed by atoms with Crippen LogP contribution >= 0.6 is 0 Å². The van der Waals surface area contributed by atoms with Crippen LogP contribution < -0.4 is 0 Å². The number of ether oxygens (including phenoxy) is 1. The fourth-order valence-electron chi connectivity index (χ4n) is 0.887. The normalized spacial score (nSPS) is 10.7. The zero-order valence-electron chi connectivity index (χ0n) is 8.08. The van der Waals surface area contributed by atoms with Crippen LogP contribution in [-0.2, 0) is 9.53 Å². The monoisotopic (exact) mass is 180 g/mol. The fraction of sp³-hybridized carbons (Fsp3) is 0.364. The van der Waals surface area contributed by atoms with Gasteiger partial charge in [-0.25, -0.2) is 0 Å². The molecular weight excluding hydrogens is 164 g/mol. The third-order valence-electron chi connectivity index (χ3n) is 1.48. The molecule has 0 spiro atoms. The molecule has 0 aliphatic rings. The SMILES string of the molecule is C=C/C=C(/OCC)C(=C)CCC=O. The predicted octanol–water partition coefficient (Wildman–Crippen LogP) is 2.63. The molecule has 0 aliphatic carbocycles. The van der Waals surface area contributed by atoms with Crippen LogP contribution in [0.4, 0.5) is 0 Å². The lowest BCUT2D eigenvalue weighted by Gasteiger charge is -2.09. The number of hydrogen-bond donors (Lipinski definition) is 0. The van der Waals surface area contributed by atoms with Gasteiger partial charge in [0.15, 0.2) is 0 Å². The Balaban J connectivity index is 4.19. The average Bonchev–Trinajstić information content (AvgIpc) is 2.14. The standard InChI is InChI=1S/C11H16O2/c1-4-7-11(13-5-2)10(3)8-6-9-12/h4,7,9H,1,3,5-6,8H2,2H3/b11-7+. The molecular formula is C11H16O2. The highest BCUT2D eigenvalue weighted by Crippen LogP contribution is 2.14. The minimum atomic E-state index is 0.486. The van der Waals surface area contributed by atoms with Crippen molar-refractivity contribution >= 4 is 6.29 Å². The maximum atomic E-state index is 10.1. The van der Waals surface area contributed by atoms with Crippen LogP contribution in [0.25, 0.3) is 0 Å². The van der Waals surface area contributed by atoms with Gasteiger partial charge < -0.3 is 9.53 Å². The Morgan fingerprint density at radius 3 is 2.69 bits per heavy atom. The summed E-state index contributed by atoms with van der Waals surface area (Å²) in [5.41, 5.74) is 0.842. The third-order valence-corrected chi connectivity index (χ3v) is 1.48. The summed E-state index contributed by atoms with van der Waals surface area (Å²) in [5.74, 6) is 0.722. The van der Waals surface area contributed by atoms with E-state index in [2.05, 4.69) is 13.2 Å². The Morgan fingerprint density at radius 2 is 2.23 bits per heavy atom. The summed E-state index contributed by atoms with van der Waals surface area (Å²) < 4.78 is 5.32. The van der Waals surface area contributed by atoms with E-state index < -0.39 is 0 Å². The number of carbonyl (C=O) groups is 1. The molecule has 0 radical (unpaired) electrons. The zero-order valence-corrected chi connectivity index (χ0v) is 8.08. The maximum absolute atomic E-state index is 10.1. The van der Waals surface area contributed by atoms with Crippen LogP contribution in [-0.4, -0.2) is 12.9 Å². The summed E-state index contributed by atoms with van der Waals surface area (Å²) in [5, 5.41) is 0. The van der Waals surface area contributed by atoms with Gasteiger partial charge in [0.05, 0.1) is 6.61 Å². The number of hydrogen-bond acceptors (Lipinski definition) is 2. The first-order chi connectivity index (χ1) is 6.26. The molecule has 0 atom stereocenters. The van der Waals surface area contributed by atoms with E-state index in [0.29, 0.717) is 19.4 Å². The quantitative estimate of drug-likeness (QED) is 0.342. The largest absolute Gasteiger partial charge is 0.494 e. The van der Waals surface area contributed by atoms with Crippen molar-refractivity contribution in [2.75, 3.05) is 6.61 Å². The van der Waals surface area contributed by atoms with Gasteiger partial charge in [-0.3, -0.25) is 0 Å². The van der Waals surface area contributed by atoms with E-state index >= 15 is 0 Å². The van der Waals surface area contributed by atoms with Gasteiger partial charge in [-0.15, -0.1) is 0 Å². The molecule has 0 amide bonds. The first kappa shape index (κ1) is 11.7. The van der Waals surface area contributed by atoms with E-state index in [0.717, 1.165) is 17.6 Å². The molecule has 0 fully saturated rings. The van der Waals surface area contributed by atoms with Crippen LogP contribution in [0.5, 0.6) is 0 Å². The number of carbonyl (C=O) groups excluding carboxylic acids is 1. The van der Waals surface area contributed by atoms with Gasteiger partial charge in [0.1, 0.15) is 12.0 Å². The topological polar surface area (TPSA) is 26.3 Å². The zero-order chi connectivity index (χ0) is 10.1. The van der Waals surface area contributed by atoms with Crippen molar-refractivity contribution in [2.24, 2.45) is 0 Å². The van der Waals surface area contributed by atoms with Gasteiger partial charge in [0, 0.05) is 6.42 Å². The fourth-order valence-corrected chi connectivity index (χ4v) is 0.887. The summed E-state index contributed by atoms with van der Waals surface area (Å²) >= 11 is 0. The Morgan fingerprint density at radius 1 is 1.54 bits per heavy atom. The Bertz CT molecular complexity index is 214. The Labute approximate surface area is 79.6 Å². The van der Waals surface area contributed by atoms with Crippen LogP contribution in [0.3, 0.4) is 0 Å². The number of allylic oxidation sites excluding steroid dienone is 3. The van der Waals surface area contributed by atoms with Crippen molar-refractivity contribution in [3.63, 3.8) is 0 Å². The minimum Gasteiger partial charge on any atom is -0.494 e. The molecule has 72 valence electrons. The highest BCUT2D eigenvalue weighted by Gasteiger charge is 2.01. The van der Waals surface area contributed by atoms with Crippen molar-refractivity contribution in [1.82, 2.24) is 0 Å². The van der Waals surface area contributed by atoms with E-state index in [1.165, 1.54) is 0 Å². The van der Waals surface area contributed by atoms with E-state index in [4.69, 9.17) is 4.74 Å². The van der Waals surface area contributed by atoms with Gasteiger partial charge in [-0.2, -0.15) is 0 Å². The van der Waals surface area contributed by atoms with Crippen molar-refractivity contribution in [3.05, 3.63) is 36.6 Å². The molecule has 2 heteroatoms. The second kappa shape index (κ2) is 7.35. The van der Waals surface area contributed by atoms with Crippen LogP contribution in [0.15, 0.2) is 36.6 Å². The second-order valence-electron chi connectivity index (χ2n) is 2.51. The number of rotatable bonds is 7. The molecule has 0 aromatic rings. The first-order valence-corrected chi connectivity index (χ1v) is 4.33. The molecule has 0 N–H and O–H groups in total. The van der Waals surface area contributed by atoms with Gasteiger partial charge in [0.2, 0.25) is 0 Å². The molecule has 13 heavy (non-hydrogen) atoms. The highest BCUT2D eigenvalue weighted by atomic mass is 16.5. The lowest BCUT2D eigenvalue weighted by molar-refractivity contribution is -0.107. The second-order valence-corrected chi connectivity index (χ2v) is 2.51. The average molecular weight is 180 g/mol. The van der Waals surface area contributed by atoms with Gasteiger partial charge in [0.25, 0.3) is 0 Å². The Hall–Kier alpha value is -1.31. The molecule has 0 aromatic heterocycles. The molecule has 0 rings (SSSR count). The van der Waals surface area contributed by atoms with Crippen LogP contribution in [0.2, 0.25) is 0 Å². The maximum Gasteiger partial charge on any atom is 0.121 e. The lowest BCUT2D eigenvalue weighted by Crippen LogP contribution is -1.95. The van der Waals surface area contributed by atoms with Crippen molar-refractivity contribution < 1.29 is 9.53 Å². The van der Waals surface area contributed by atoms with Gasteiger partial charge >= 0.3 is 0 Å². The molecule has 0 heterocycles. The number of aldehydes is 1. The molecule has 0 saturated heterocycles. The first-order valence-electron chi connectivity index (χ1n) is 4.33. The smallest absolute Gasteiger partial charge is 0.121 e. The summed E-state index contributed by atoms with van der Waals surface area (Å²) in [6.07, 6.45) is 5.42. The van der Waals surface area contributed by atoms with Gasteiger partial charge in [-0.1, -0.05) is 19.2 Å². The van der Waals surface area contributed by atoms with Crippen LogP contribution in [0.1, 0.15) is 19.8 Å². The van der Waals surface area contributed by atoms with E-state index in [-0.39, 0.29) is 0 Å². The van der Waals surface area contributed by atoms with Gasteiger partial charge in [-0.05, 0) is 25.0 Å². The van der Waals surface area contributed by atoms with E-state index in [9.17, 15) is 4.79 Å². The molecule has 0 bridgehead atoms. The predicted molar refractivity (Wildman–Crippen MR) is 54.3 cm³/mol. The van der Waals surface area contributed by atoms with Crippen molar-refractivity contribution in [3.8, 4) is 0 Å². The molecule has 0 aromatic carbocycles. The highest BCUT2D eigenvalue weighted by molar-refractivity contribution is 5.50. The van der Waals surface area contributed by atoms with E-state index in [1.54, 1.807) is 12.2 Å². The third kappa shape index (κ3) is 5.01. The Kier molecular flexibility index (Phi) is 6.60. The summed E-state index contributed by atoms with van der Waals surface area (Å²) in [6.45, 7) is 9.91. The minimum absolute atomic E-state index is 0.486. The van der Waals surface area contributed by atoms with E-state index in [1.807, 2.05) is 6.92 Å². The van der Waals surface area contributed by atoms with Crippen molar-refractivity contribution in [2.45, 2.75) is 19.8 Å². The molecule has 0 unspecified atom stereocenters. The van der Waals surface area contributed by atoms with Crippen LogP contribution in [0, 0.1) is 0 Å². The molecule has 0 aliphatic heterocycles. The molecule has 2 nitrogen and oxygen atoms in total.